The van der Waals surface area contributed by atoms with Crippen LogP contribution in [0.2, 0.25) is 0 Å². The van der Waals surface area contributed by atoms with E-state index in [0.29, 0.717) is 17.7 Å². The summed E-state index contributed by atoms with van der Waals surface area (Å²) in [6, 6.07) is 17.1. The number of aromatic nitrogens is 1. The number of benzene rings is 2. The summed E-state index contributed by atoms with van der Waals surface area (Å²) in [5, 5.41) is 0. The predicted molar refractivity (Wildman–Crippen MR) is 112 cm³/mol. The smallest absolute Gasteiger partial charge is 0.231 e. The number of aldehydes is 1. The van der Waals surface area contributed by atoms with Crippen LogP contribution >= 0.6 is 0 Å². The fourth-order valence-electron chi connectivity index (χ4n) is 4.14. The molecule has 5 rings (SSSR count). The van der Waals surface area contributed by atoms with Crippen molar-refractivity contribution in [3.63, 3.8) is 0 Å². The molecular formula is C25H21NO4. The zero-order valence-electron chi connectivity index (χ0n) is 16.7. The third-order valence-corrected chi connectivity index (χ3v) is 6.05. The second-order valence-electron chi connectivity index (χ2n) is 7.93. The Kier molecular flexibility index (Phi) is 4.39. The predicted octanol–water partition coefficient (Wildman–Crippen LogP) is 4.44. The third-order valence-electron chi connectivity index (χ3n) is 6.05. The van der Waals surface area contributed by atoms with Crippen molar-refractivity contribution < 1.29 is 19.1 Å². The van der Waals surface area contributed by atoms with Crippen molar-refractivity contribution in [2.75, 3.05) is 6.79 Å². The molecule has 1 aliphatic carbocycles. The molecule has 2 aliphatic rings. The molecule has 1 saturated carbocycles. The van der Waals surface area contributed by atoms with Gasteiger partial charge in [0.15, 0.2) is 11.5 Å². The summed E-state index contributed by atoms with van der Waals surface area (Å²) in [5.41, 5.74) is 4.86. The van der Waals surface area contributed by atoms with Crippen LogP contribution in [0.4, 0.5) is 0 Å². The number of Topliss-reactive ketones (excluding diaryl/α,β-unsaturated/α-hetero) is 1. The first-order chi connectivity index (χ1) is 14.6. The SMILES string of the molecule is Cc1nc(CC(=O)C2(c3ccc4c(c3)OCO4)CC2)ccc1-c1ccc(C=O)cc1. The van der Waals surface area contributed by atoms with Gasteiger partial charge in [-0.25, -0.2) is 0 Å². The minimum Gasteiger partial charge on any atom is -0.454 e. The second kappa shape index (κ2) is 7.10. The molecule has 1 aliphatic heterocycles. The van der Waals surface area contributed by atoms with E-state index < -0.39 is 5.41 Å². The maximum absolute atomic E-state index is 13.2. The average molecular weight is 399 g/mol. The zero-order chi connectivity index (χ0) is 20.7. The van der Waals surface area contributed by atoms with Gasteiger partial charge in [-0.2, -0.15) is 0 Å². The largest absolute Gasteiger partial charge is 0.454 e. The molecular weight excluding hydrogens is 378 g/mol. The first-order valence-electron chi connectivity index (χ1n) is 10.0. The number of ketones is 1. The van der Waals surface area contributed by atoms with Crippen LogP contribution in [0.1, 0.15) is 40.2 Å². The van der Waals surface area contributed by atoms with Gasteiger partial charge in [-0.3, -0.25) is 14.6 Å². The molecule has 30 heavy (non-hydrogen) atoms. The van der Waals surface area contributed by atoms with Crippen LogP contribution in [-0.4, -0.2) is 23.8 Å². The van der Waals surface area contributed by atoms with E-state index in [1.807, 2.05) is 49.4 Å². The lowest BCUT2D eigenvalue weighted by Crippen LogP contribution is -2.23. The fourth-order valence-corrected chi connectivity index (χ4v) is 4.14. The minimum absolute atomic E-state index is 0.191. The molecule has 0 radical (unpaired) electrons. The van der Waals surface area contributed by atoms with Gasteiger partial charge >= 0.3 is 0 Å². The first-order valence-corrected chi connectivity index (χ1v) is 10.0. The van der Waals surface area contributed by atoms with E-state index in [2.05, 4.69) is 4.98 Å². The summed E-state index contributed by atoms with van der Waals surface area (Å²) in [7, 11) is 0. The number of rotatable bonds is 6. The van der Waals surface area contributed by atoms with Gasteiger partial charge in [-0.1, -0.05) is 36.4 Å². The van der Waals surface area contributed by atoms with Gasteiger partial charge in [0.05, 0.1) is 5.41 Å². The molecule has 3 aromatic rings. The van der Waals surface area contributed by atoms with Crippen LogP contribution in [0, 0.1) is 6.92 Å². The highest BCUT2D eigenvalue weighted by Crippen LogP contribution is 2.51. The molecule has 2 heterocycles. The molecule has 0 N–H and O–H groups in total. The maximum Gasteiger partial charge on any atom is 0.231 e. The standard InChI is InChI=1S/C25H21NO4/c1-16-21(18-4-2-17(14-27)3-5-18)8-7-20(26-16)13-24(28)25(10-11-25)19-6-9-22-23(12-19)30-15-29-22/h2-9,12,14H,10-11,13,15H2,1H3. The fraction of sp³-hybridized carbons (Fsp3) is 0.240. The van der Waals surface area contributed by atoms with Crippen molar-refractivity contribution in [3.05, 3.63) is 77.1 Å². The van der Waals surface area contributed by atoms with E-state index in [1.165, 1.54) is 0 Å². The van der Waals surface area contributed by atoms with Gasteiger partial charge in [0.25, 0.3) is 0 Å². The Labute approximate surface area is 174 Å². The van der Waals surface area contributed by atoms with Crippen molar-refractivity contribution in [1.29, 1.82) is 0 Å². The molecule has 0 bridgehead atoms. The number of nitrogens with zero attached hydrogens (tertiary/aromatic N) is 1. The number of pyridine rings is 1. The van der Waals surface area contributed by atoms with Gasteiger partial charge in [-0.15, -0.1) is 0 Å². The Bertz CT molecular complexity index is 1150. The molecule has 1 fully saturated rings. The molecule has 0 atom stereocenters. The molecule has 0 amide bonds. The van der Waals surface area contributed by atoms with Crippen LogP contribution in [0.15, 0.2) is 54.6 Å². The molecule has 0 unspecified atom stereocenters. The summed E-state index contributed by atoms with van der Waals surface area (Å²) < 4.78 is 10.9. The van der Waals surface area contributed by atoms with Crippen molar-refractivity contribution in [2.24, 2.45) is 0 Å². The van der Waals surface area contributed by atoms with E-state index in [9.17, 15) is 9.59 Å². The van der Waals surface area contributed by atoms with E-state index in [1.54, 1.807) is 12.1 Å². The van der Waals surface area contributed by atoms with Gasteiger partial charge < -0.3 is 9.47 Å². The van der Waals surface area contributed by atoms with E-state index in [0.717, 1.165) is 53.0 Å². The van der Waals surface area contributed by atoms with Crippen LogP contribution < -0.4 is 9.47 Å². The number of carbonyl (C=O) groups excluding carboxylic acids is 2. The summed E-state index contributed by atoms with van der Waals surface area (Å²) >= 11 is 0. The topological polar surface area (TPSA) is 65.5 Å². The number of carbonyl (C=O) groups is 2. The number of hydrogen-bond donors (Lipinski definition) is 0. The van der Waals surface area contributed by atoms with E-state index in [4.69, 9.17) is 9.47 Å². The Morgan fingerprint density at radius 3 is 2.50 bits per heavy atom. The molecule has 150 valence electrons. The van der Waals surface area contributed by atoms with E-state index in [-0.39, 0.29) is 12.6 Å². The third kappa shape index (κ3) is 3.16. The van der Waals surface area contributed by atoms with Crippen molar-refractivity contribution in [3.8, 4) is 22.6 Å². The van der Waals surface area contributed by atoms with Crippen molar-refractivity contribution >= 4 is 12.1 Å². The minimum atomic E-state index is -0.431. The second-order valence-corrected chi connectivity index (χ2v) is 7.93. The van der Waals surface area contributed by atoms with Gasteiger partial charge in [-0.05, 0) is 49.1 Å². The molecule has 1 aromatic heterocycles. The van der Waals surface area contributed by atoms with Crippen molar-refractivity contribution in [1.82, 2.24) is 4.98 Å². The summed E-state index contributed by atoms with van der Waals surface area (Å²) in [5.74, 6) is 1.64. The van der Waals surface area contributed by atoms with Crippen molar-refractivity contribution in [2.45, 2.75) is 31.6 Å². The van der Waals surface area contributed by atoms with Gasteiger partial charge in [0.2, 0.25) is 6.79 Å². The maximum atomic E-state index is 13.2. The Balaban J connectivity index is 1.36. The van der Waals surface area contributed by atoms with E-state index >= 15 is 0 Å². The van der Waals surface area contributed by atoms with Gasteiger partial charge in [0, 0.05) is 28.9 Å². The monoisotopic (exact) mass is 399 g/mol. The normalized spacial score (nSPS) is 15.6. The highest BCUT2D eigenvalue weighted by Gasteiger charge is 2.50. The highest BCUT2D eigenvalue weighted by atomic mass is 16.7. The Morgan fingerprint density at radius 2 is 1.80 bits per heavy atom. The highest BCUT2D eigenvalue weighted by molar-refractivity contribution is 5.94. The van der Waals surface area contributed by atoms with Crippen LogP contribution in [0.5, 0.6) is 11.5 Å². The number of aryl methyl sites for hydroxylation is 1. The molecule has 0 spiro atoms. The number of ether oxygens (including phenoxy) is 2. The molecule has 5 heteroatoms. The zero-order valence-corrected chi connectivity index (χ0v) is 16.7. The van der Waals surface area contributed by atoms with Gasteiger partial charge in [0.1, 0.15) is 12.1 Å². The van der Waals surface area contributed by atoms with Crippen LogP contribution in [0.25, 0.3) is 11.1 Å². The Morgan fingerprint density at radius 1 is 1.03 bits per heavy atom. The molecule has 5 nitrogen and oxygen atoms in total. The lowest BCUT2D eigenvalue weighted by Gasteiger charge is -2.15. The summed E-state index contributed by atoms with van der Waals surface area (Å²) in [6.07, 6.45) is 2.84. The lowest BCUT2D eigenvalue weighted by atomic mass is 9.88. The van der Waals surface area contributed by atoms with Crippen LogP contribution in [-0.2, 0) is 16.6 Å². The molecule has 2 aromatic carbocycles. The lowest BCUT2D eigenvalue weighted by molar-refractivity contribution is -0.120. The number of hydrogen-bond acceptors (Lipinski definition) is 5. The summed E-state index contributed by atoms with van der Waals surface area (Å²) in [4.78, 5) is 28.7. The number of fused-ring (bicyclic) bond motifs is 1. The van der Waals surface area contributed by atoms with Crippen LogP contribution in [0.3, 0.4) is 0 Å². The Hall–Kier alpha value is -3.47. The summed E-state index contributed by atoms with van der Waals surface area (Å²) in [6.45, 7) is 2.18. The average Bonchev–Trinajstić information content (AvgIpc) is 3.45. The molecule has 0 saturated heterocycles. The quantitative estimate of drug-likeness (QED) is 0.573. The first kappa shape index (κ1) is 18.6.